The maximum Gasteiger partial charge on any atom is 0.408 e. The average Bonchev–Trinajstić information content (AvgIpc) is 2.62. The normalized spacial score (nSPS) is 13.0. The van der Waals surface area contributed by atoms with E-state index >= 15 is 0 Å². The third-order valence-corrected chi connectivity index (χ3v) is 3.86. The molecule has 0 saturated heterocycles. The van der Waals surface area contributed by atoms with Gasteiger partial charge in [0.15, 0.2) is 0 Å². The van der Waals surface area contributed by atoms with Crippen LogP contribution < -0.4 is 5.32 Å². The van der Waals surface area contributed by atoms with Crippen molar-refractivity contribution >= 4 is 23.9 Å². The Morgan fingerprint density at radius 2 is 1.72 bits per heavy atom. The molecule has 0 heterocycles. The second kappa shape index (κ2) is 10.4. The number of benzene rings is 1. The molecule has 0 aliphatic rings. The first kappa shape index (κ1) is 23.9. The van der Waals surface area contributed by atoms with Crippen LogP contribution in [0.4, 0.5) is 4.79 Å². The van der Waals surface area contributed by atoms with Gasteiger partial charge in [-0.15, -0.1) is 0 Å². The van der Waals surface area contributed by atoms with Gasteiger partial charge in [-0.05, 0) is 33.3 Å². The van der Waals surface area contributed by atoms with Crippen molar-refractivity contribution in [3.63, 3.8) is 0 Å². The van der Waals surface area contributed by atoms with E-state index < -0.39 is 48.0 Å². The van der Waals surface area contributed by atoms with Crippen molar-refractivity contribution in [1.82, 2.24) is 10.2 Å². The first-order chi connectivity index (χ1) is 13.4. The van der Waals surface area contributed by atoms with Crippen LogP contribution in [-0.2, 0) is 30.4 Å². The lowest BCUT2D eigenvalue weighted by atomic mass is 10.1. The van der Waals surface area contributed by atoms with Crippen LogP contribution in [0.3, 0.4) is 0 Å². The van der Waals surface area contributed by atoms with E-state index in [0.29, 0.717) is 0 Å². The van der Waals surface area contributed by atoms with Gasteiger partial charge < -0.3 is 24.8 Å². The van der Waals surface area contributed by atoms with Crippen LogP contribution in [0.15, 0.2) is 30.3 Å². The minimum absolute atomic E-state index is 0.0298. The van der Waals surface area contributed by atoms with Crippen LogP contribution in [-0.4, -0.2) is 58.7 Å². The average molecular weight is 408 g/mol. The van der Waals surface area contributed by atoms with Gasteiger partial charge in [0.25, 0.3) is 0 Å². The number of ether oxygens (including phenoxy) is 2. The van der Waals surface area contributed by atoms with Crippen molar-refractivity contribution in [3.8, 4) is 0 Å². The number of aliphatic carboxylic acids is 1. The van der Waals surface area contributed by atoms with Gasteiger partial charge in [0, 0.05) is 6.54 Å². The van der Waals surface area contributed by atoms with Gasteiger partial charge in [0.1, 0.15) is 17.7 Å². The Balaban J connectivity index is 3.15. The fraction of sp³-hybridized carbons (Fsp3) is 0.500. The molecule has 0 fully saturated rings. The lowest BCUT2D eigenvalue weighted by Crippen LogP contribution is -2.54. The topological polar surface area (TPSA) is 122 Å². The van der Waals surface area contributed by atoms with Crippen LogP contribution in [0.25, 0.3) is 0 Å². The van der Waals surface area contributed by atoms with Gasteiger partial charge in [-0.3, -0.25) is 9.59 Å². The van der Waals surface area contributed by atoms with Crippen molar-refractivity contribution in [2.75, 3.05) is 7.11 Å². The Morgan fingerprint density at radius 1 is 1.14 bits per heavy atom. The third kappa shape index (κ3) is 8.20. The molecule has 0 aliphatic carbocycles. The Kier molecular flexibility index (Phi) is 8.62. The third-order valence-electron chi connectivity index (χ3n) is 3.86. The molecule has 0 aromatic heterocycles. The molecule has 0 radical (unpaired) electrons. The number of hydrogen-bond acceptors (Lipinski definition) is 6. The largest absolute Gasteiger partial charge is 0.481 e. The molecule has 0 aliphatic heterocycles. The molecule has 29 heavy (non-hydrogen) atoms. The predicted molar refractivity (Wildman–Crippen MR) is 104 cm³/mol. The zero-order valence-electron chi connectivity index (χ0n) is 17.3. The Hall–Kier alpha value is -3.10. The summed E-state index contributed by atoms with van der Waals surface area (Å²) in [5.74, 6) is -2.69. The zero-order chi connectivity index (χ0) is 22.2. The number of carbonyl (C=O) groups is 4. The first-order valence-electron chi connectivity index (χ1n) is 9.08. The minimum atomic E-state index is -1.42. The number of methoxy groups -OCH3 is 1. The Labute approximate surface area is 170 Å². The van der Waals surface area contributed by atoms with Gasteiger partial charge in [0.05, 0.1) is 13.5 Å². The van der Waals surface area contributed by atoms with E-state index in [-0.39, 0.29) is 6.54 Å². The number of nitrogens with one attached hydrogen (secondary N) is 1. The summed E-state index contributed by atoms with van der Waals surface area (Å²) in [7, 11) is 1.19. The summed E-state index contributed by atoms with van der Waals surface area (Å²) in [6.07, 6.45) is -1.60. The summed E-state index contributed by atoms with van der Waals surface area (Å²) in [5, 5.41) is 11.5. The van der Waals surface area contributed by atoms with Crippen molar-refractivity contribution < 1.29 is 33.8 Å². The van der Waals surface area contributed by atoms with E-state index in [9.17, 15) is 24.3 Å². The molecule has 2 N–H and O–H groups in total. The molecule has 1 aromatic rings. The standard InChI is InChI=1S/C20H28N2O7/c1-13(18(26)28-5)22(12-14-9-7-6-8-10-14)17(25)15(11-16(23)24)21-19(27)29-20(2,3)4/h6-10,13,15H,11-12H2,1-5H3,(H,21,27)(H,23,24)/t13-,15-/m1/s1. The number of esters is 1. The number of carboxylic acids is 1. The number of rotatable bonds is 8. The summed E-state index contributed by atoms with van der Waals surface area (Å²) in [6, 6.07) is 6.46. The van der Waals surface area contributed by atoms with E-state index in [2.05, 4.69) is 5.32 Å². The van der Waals surface area contributed by atoms with Crippen LogP contribution in [0.2, 0.25) is 0 Å². The highest BCUT2D eigenvalue weighted by molar-refractivity contribution is 5.92. The summed E-state index contributed by atoms with van der Waals surface area (Å²) >= 11 is 0. The van der Waals surface area contributed by atoms with Gasteiger partial charge in [-0.2, -0.15) is 0 Å². The van der Waals surface area contributed by atoms with E-state index in [1.54, 1.807) is 51.1 Å². The maximum atomic E-state index is 13.1. The van der Waals surface area contributed by atoms with Crippen molar-refractivity contribution in [1.29, 1.82) is 0 Å². The van der Waals surface area contributed by atoms with E-state index in [1.807, 2.05) is 0 Å². The molecule has 9 nitrogen and oxygen atoms in total. The van der Waals surface area contributed by atoms with Crippen LogP contribution in [0.1, 0.15) is 39.7 Å². The van der Waals surface area contributed by atoms with Crippen LogP contribution >= 0.6 is 0 Å². The number of carbonyl (C=O) groups excluding carboxylic acids is 3. The monoisotopic (exact) mass is 408 g/mol. The molecule has 0 unspecified atom stereocenters. The fourth-order valence-corrected chi connectivity index (χ4v) is 2.51. The fourth-order valence-electron chi connectivity index (χ4n) is 2.51. The molecule has 160 valence electrons. The molecule has 1 aromatic carbocycles. The minimum Gasteiger partial charge on any atom is -0.481 e. The highest BCUT2D eigenvalue weighted by atomic mass is 16.6. The molecule has 0 saturated carbocycles. The number of amides is 2. The highest BCUT2D eigenvalue weighted by Crippen LogP contribution is 2.14. The van der Waals surface area contributed by atoms with Crippen molar-refractivity contribution in [3.05, 3.63) is 35.9 Å². The number of carboxylic acid groups (broad SMARTS) is 1. The Morgan fingerprint density at radius 3 is 2.21 bits per heavy atom. The number of nitrogens with zero attached hydrogens (tertiary/aromatic N) is 1. The highest BCUT2D eigenvalue weighted by Gasteiger charge is 2.34. The van der Waals surface area contributed by atoms with Crippen LogP contribution in [0.5, 0.6) is 0 Å². The molecular weight excluding hydrogens is 380 g/mol. The quantitative estimate of drug-likeness (QED) is 0.630. The Bertz CT molecular complexity index is 728. The van der Waals surface area contributed by atoms with E-state index in [1.165, 1.54) is 18.9 Å². The second-order valence-electron chi connectivity index (χ2n) is 7.45. The first-order valence-corrected chi connectivity index (χ1v) is 9.08. The molecule has 1 rings (SSSR count). The molecule has 2 atom stereocenters. The summed E-state index contributed by atoms with van der Waals surface area (Å²) in [5.41, 5.74) is -0.104. The predicted octanol–water partition coefficient (Wildman–Crippen LogP) is 1.94. The van der Waals surface area contributed by atoms with Gasteiger partial charge in [-0.25, -0.2) is 9.59 Å². The van der Waals surface area contributed by atoms with E-state index in [4.69, 9.17) is 9.47 Å². The molecule has 0 spiro atoms. The molecule has 2 amide bonds. The number of hydrogen-bond donors (Lipinski definition) is 2. The van der Waals surface area contributed by atoms with Gasteiger partial charge in [-0.1, -0.05) is 30.3 Å². The van der Waals surface area contributed by atoms with Crippen LogP contribution in [0, 0.1) is 0 Å². The number of alkyl carbamates (subject to hydrolysis) is 1. The van der Waals surface area contributed by atoms with Gasteiger partial charge in [0.2, 0.25) is 5.91 Å². The molecule has 0 bridgehead atoms. The lowest BCUT2D eigenvalue weighted by Gasteiger charge is -2.31. The SMILES string of the molecule is COC(=O)[C@@H](C)N(Cc1ccccc1)C(=O)[C@@H](CC(=O)O)NC(=O)OC(C)(C)C. The summed E-state index contributed by atoms with van der Waals surface area (Å²) in [4.78, 5) is 49.7. The van der Waals surface area contributed by atoms with Gasteiger partial charge >= 0.3 is 18.0 Å². The van der Waals surface area contributed by atoms with Crippen molar-refractivity contribution in [2.45, 2.75) is 58.3 Å². The summed E-state index contributed by atoms with van der Waals surface area (Å²) in [6.45, 7) is 6.42. The lowest BCUT2D eigenvalue weighted by molar-refractivity contribution is -0.154. The molecular formula is C20H28N2O7. The maximum absolute atomic E-state index is 13.1. The smallest absolute Gasteiger partial charge is 0.408 e. The summed E-state index contributed by atoms with van der Waals surface area (Å²) < 4.78 is 9.85. The van der Waals surface area contributed by atoms with Crippen molar-refractivity contribution in [2.24, 2.45) is 0 Å². The zero-order valence-corrected chi connectivity index (χ0v) is 17.3. The second-order valence-corrected chi connectivity index (χ2v) is 7.45. The molecule has 9 heteroatoms. The van der Waals surface area contributed by atoms with E-state index in [0.717, 1.165) is 5.56 Å².